The summed E-state index contributed by atoms with van der Waals surface area (Å²) >= 11 is 0. The molecule has 0 aromatic rings. The molecule has 62 heavy (non-hydrogen) atoms. The molecule has 0 aliphatic rings. The fourth-order valence-corrected chi connectivity index (χ4v) is 7.05. The molecular formula is C56H96O6. The molecule has 6 heteroatoms. The number of hydrogen-bond donors (Lipinski definition) is 0. The van der Waals surface area contributed by atoms with E-state index in [0.29, 0.717) is 12.8 Å². The van der Waals surface area contributed by atoms with Crippen molar-refractivity contribution in [3.8, 4) is 0 Å². The molecule has 0 saturated carbocycles. The summed E-state index contributed by atoms with van der Waals surface area (Å²) in [6.45, 7) is 6.47. The number of esters is 3. The van der Waals surface area contributed by atoms with Crippen LogP contribution in [0, 0.1) is 0 Å². The van der Waals surface area contributed by atoms with Crippen molar-refractivity contribution in [1.29, 1.82) is 0 Å². The van der Waals surface area contributed by atoms with E-state index in [4.69, 9.17) is 14.2 Å². The molecule has 0 amide bonds. The summed E-state index contributed by atoms with van der Waals surface area (Å²) in [6.07, 6.45) is 63.1. The van der Waals surface area contributed by atoms with Crippen LogP contribution in [0.3, 0.4) is 0 Å². The van der Waals surface area contributed by atoms with Gasteiger partial charge in [0.25, 0.3) is 0 Å². The largest absolute Gasteiger partial charge is 0.462 e. The quantitative estimate of drug-likeness (QED) is 0.0262. The second kappa shape index (κ2) is 50.5. The van der Waals surface area contributed by atoms with Gasteiger partial charge in [-0.05, 0) is 89.9 Å². The summed E-state index contributed by atoms with van der Waals surface area (Å²) in [7, 11) is 0. The number of ether oxygens (including phenoxy) is 3. The topological polar surface area (TPSA) is 78.9 Å². The molecule has 0 fully saturated rings. The van der Waals surface area contributed by atoms with Crippen LogP contribution < -0.4 is 0 Å². The normalized spacial score (nSPS) is 12.6. The fourth-order valence-electron chi connectivity index (χ4n) is 7.05. The van der Waals surface area contributed by atoms with Gasteiger partial charge in [0.05, 0.1) is 0 Å². The molecule has 1 atom stereocenters. The predicted octanol–water partition coefficient (Wildman–Crippen LogP) is 17.0. The van der Waals surface area contributed by atoms with Gasteiger partial charge >= 0.3 is 17.9 Å². The summed E-state index contributed by atoms with van der Waals surface area (Å²) in [5, 5.41) is 0. The summed E-state index contributed by atoms with van der Waals surface area (Å²) in [4.78, 5) is 37.9. The lowest BCUT2D eigenvalue weighted by molar-refractivity contribution is -0.167. The maximum absolute atomic E-state index is 12.8. The van der Waals surface area contributed by atoms with Crippen molar-refractivity contribution in [3.05, 3.63) is 72.9 Å². The first-order chi connectivity index (χ1) is 30.5. The zero-order valence-corrected chi connectivity index (χ0v) is 40.6. The van der Waals surface area contributed by atoms with Gasteiger partial charge in [0.1, 0.15) is 13.2 Å². The second-order valence-corrected chi connectivity index (χ2v) is 17.1. The molecule has 0 heterocycles. The van der Waals surface area contributed by atoms with E-state index in [1.165, 1.54) is 103 Å². The lowest BCUT2D eigenvalue weighted by Crippen LogP contribution is -2.30. The van der Waals surface area contributed by atoms with E-state index in [1.54, 1.807) is 0 Å². The maximum atomic E-state index is 12.8. The first kappa shape index (κ1) is 58.9. The Morgan fingerprint density at radius 1 is 0.339 bits per heavy atom. The smallest absolute Gasteiger partial charge is 0.306 e. The molecule has 0 aromatic heterocycles. The Morgan fingerprint density at radius 3 is 1.03 bits per heavy atom. The highest BCUT2D eigenvalue weighted by atomic mass is 16.6. The number of carbonyl (C=O) groups is 3. The van der Waals surface area contributed by atoms with Crippen LogP contribution in [-0.4, -0.2) is 37.2 Å². The summed E-state index contributed by atoms with van der Waals surface area (Å²) in [5.41, 5.74) is 0. The van der Waals surface area contributed by atoms with Gasteiger partial charge in [0.2, 0.25) is 0 Å². The Hall–Kier alpha value is -3.15. The van der Waals surface area contributed by atoms with Crippen LogP contribution >= 0.6 is 0 Å². The number of hydrogen-bond acceptors (Lipinski definition) is 6. The highest BCUT2D eigenvalue weighted by Crippen LogP contribution is 2.14. The minimum absolute atomic E-state index is 0.0899. The van der Waals surface area contributed by atoms with Crippen LogP contribution in [0.25, 0.3) is 0 Å². The molecule has 0 aliphatic heterocycles. The summed E-state index contributed by atoms with van der Waals surface area (Å²) in [6, 6.07) is 0. The van der Waals surface area contributed by atoms with E-state index in [0.717, 1.165) is 103 Å². The highest BCUT2D eigenvalue weighted by molar-refractivity contribution is 5.71. The second-order valence-electron chi connectivity index (χ2n) is 17.1. The third kappa shape index (κ3) is 47.9. The highest BCUT2D eigenvalue weighted by Gasteiger charge is 2.19. The van der Waals surface area contributed by atoms with Crippen LogP contribution in [0.15, 0.2) is 72.9 Å². The SMILES string of the molecule is CC/C=C\C/C=C\C/C=C\C/C=C\C/C=C\CCCCCC(=O)O[C@H](COC(=O)CCCCCCC/C=C\CCCCCC)COC(=O)CCCCCCCCCCCCCC. The molecule has 0 radical (unpaired) electrons. The molecule has 6 nitrogen and oxygen atoms in total. The van der Waals surface area contributed by atoms with E-state index in [9.17, 15) is 14.4 Å². The number of allylic oxidation sites excluding steroid dienone is 12. The summed E-state index contributed by atoms with van der Waals surface area (Å²) < 4.78 is 16.8. The van der Waals surface area contributed by atoms with E-state index >= 15 is 0 Å². The predicted molar refractivity (Wildman–Crippen MR) is 265 cm³/mol. The third-order valence-corrected chi connectivity index (χ3v) is 10.9. The van der Waals surface area contributed by atoms with E-state index in [2.05, 4.69) is 93.7 Å². The zero-order valence-electron chi connectivity index (χ0n) is 40.6. The van der Waals surface area contributed by atoms with Gasteiger partial charge in [-0.1, -0.05) is 209 Å². The van der Waals surface area contributed by atoms with Crippen molar-refractivity contribution in [2.45, 2.75) is 252 Å². The van der Waals surface area contributed by atoms with Crippen LogP contribution in [0.2, 0.25) is 0 Å². The summed E-state index contributed by atoms with van der Waals surface area (Å²) in [5.74, 6) is -0.929. The molecule has 356 valence electrons. The average Bonchev–Trinajstić information content (AvgIpc) is 3.27. The van der Waals surface area contributed by atoms with Gasteiger partial charge in [-0.25, -0.2) is 0 Å². The molecule has 0 aromatic carbocycles. The van der Waals surface area contributed by atoms with Gasteiger partial charge in [-0.2, -0.15) is 0 Å². The molecule has 0 spiro atoms. The monoisotopic (exact) mass is 865 g/mol. The molecule has 0 rings (SSSR count). The molecule has 0 N–H and O–H groups in total. The number of unbranched alkanes of at least 4 members (excludes halogenated alkanes) is 23. The van der Waals surface area contributed by atoms with Crippen molar-refractivity contribution in [2.24, 2.45) is 0 Å². The molecule has 0 saturated heterocycles. The Balaban J connectivity index is 4.45. The minimum Gasteiger partial charge on any atom is -0.462 e. The Bertz CT molecular complexity index is 1180. The van der Waals surface area contributed by atoms with Gasteiger partial charge in [-0.3, -0.25) is 14.4 Å². The van der Waals surface area contributed by atoms with Crippen molar-refractivity contribution < 1.29 is 28.6 Å². The first-order valence-corrected chi connectivity index (χ1v) is 25.9. The third-order valence-electron chi connectivity index (χ3n) is 10.9. The van der Waals surface area contributed by atoms with Crippen LogP contribution in [0.1, 0.15) is 245 Å². The lowest BCUT2D eigenvalue weighted by Gasteiger charge is -2.18. The van der Waals surface area contributed by atoms with E-state index < -0.39 is 6.10 Å². The first-order valence-electron chi connectivity index (χ1n) is 25.9. The van der Waals surface area contributed by atoms with Crippen LogP contribution in [-0.2, 0) is 28.6 Å². The van der Waals surface area contributed by atoms with Gasteiger partial charge in [0, 0.05) is 19.3 Å². The number of rotatable bonds is 46. The minimum atomic E-state index is -0.793. The van der Waals surface area contributed by atoms with Crippen molar-refractivity contribution in [2.75, 3.05) is 13.2 Å². The Kier molecular flexibility index (Phi) is 47.9. The van der Waals surface area contributed by atoms with E-state index in [-0.39, 0.29) is 37.5 Å². The Labute approximate surface area is 382 Å². The van der Waals surface area contributed by atoms with Crippen LogP contribution in [0.4, 0.5) is 0 Å². The van der Waals surface area contributed by atoms with Gasteiger partial charge in [-0.15, -0.1) is 0 Å². The maximum Gasteiger partial charge on any atom is 0.306 e. The molecule has 0 aliphatic carbocycles. The fraction of sp³-hybridized carbons (Fsp3) is 0.732. The zero-order chi connectivity index (χ0) is 45.1. The van der Waals surface area contributed by atoms with Gasteiger partial charge in [0.15, 0.2) is 6.10 Å². The number of carbonyl (C=O) groups excluding carboxylic acids is 3. The molecule has 0 bridgehead atoms. The Morgan fingerprint density at radius 2 is 0.629 bits per heavy atom. The van der Waals surface area contributed by atoms with E-state index in [1.807, 2.05) is 0 Å². The van der Waals surface area contributed by atoms with Crippen molar-refractivity contribution in [1.82, 2.24) is 0 Å². The van der Waals surface area contributed by atoms with Crippen molar-refractivity contribution in [3.63, 3.8) is 0 Å². The van der Waals surface area contributed by atoms with Gasteiger partial charge < -0.3 is 14.2 Å². The van der Waals surface area contributed by atoms with Crippen molar-refractivity contribution >= 4 is 17.9 Å². The molecular weight excluding hydrogens is 769 g/mol. The lowest BCUT2D eigenvalue weighted by atomic mass is 10.0. The molecule has 0 unspecified atom stereocenters. The van der Waals surface area contributed by atoms with Crippen LogP contribution in [0.5, 0.6) is 0 Å². The standard InChI is InChI=1S/C56H96O6/c1-4-7-10-13-16-19-22-25-26-27-28-29-30-32-35-38-41-44-47-50-56(59)62-53(51-60-54(57)48-45-42-39-36-33-24-21-18-15-12-9-6-3)52-61-55(58)49-46-43-40-37-34-31-23-20-17-14-11-8-5-2/h7,10,16,19-20,23,25-26,28-29,32,35,53H,4-6,8-9,11-15,17-18,21-22,24,27,30-31,33-34,36-52H2,1-3H3/b10-7-,19-16-,23-20-,26-25-,29-28-,35-32-/t53-/m0/s1. The average molecular weight is 865 g/mol.